The third-order valence-electron chi connectivity index (χ3n) is 2.62. The van der Waals surface area contributed by atoms with E-state index in [1.807, 2.05) is 6.92 Å². The highest BCUT2D eigenvalue weighted by molar-refractivity contribution is 5.89. The second kappa shape index (κ2) is 4.91. The van der Waals surface area contributed by atoms with Gasteiger partial charge in [-0.25, -0.2) is 14.5 Å². The minimum absolute atomic E-state index is 0.403. The van der Waals surface area contributed by atoms with Gasteiger partial charge in [-0.2, -0.15) is 5.10 Å². The van der Waals surface area contributed by atoms with Gasteiger partial charge in [0.2, 0.25) is 0 Å². The number of ether oxygens (including phenoxy) is 1. The van der Waals surface area contributed by atoms with Gasteiger partial charge in [-0.15, -0.1) is 0 Å². The molecule has 0 aliphatic carbocycles. The fourth-order valence-corrected chi connectivity index (χ4v) is 1.77. The van der Waals surface area contributed by atoms with Gasteiger partial charge in [0.1, 0.15) is 17.8 Å². The summed E-state index contributed by atoms with van der Waals surface area (Å²) in [6.07, 6.45) is 3.17. The van der Waals surface area contributed by atoms with Crippen molar-refractivity contribution >= 4 is 11.7 Å². The van der Waals surface area contributed by atoms with Crippen molar-refractivity contribution in [2.75, 3.05) is 12.8 Å². The smallest absolute Gasteiger partial charge is 0.354 e. The van der Waals surface area contributed by atoms with Crippen LogP contribution < -0.4 is 5.73 Å². The molecule has 2 rings (SSSR count). The summed E-state index contributed by atoms with van der Waals surface area (Å²) in [7, 11) is 1.34. The number of hydrogen-bond acceptors (Lipinski definition) is 5. The molecule has 0 aliphatic heterocycles. The second-order valence-electron chi connectivity index (χ2n) is 3.77. The van der Waals surface area contributed by atoms with Gasteiger partial charge >= 0.3 is 5.97 Å². The molecule has 0 spiro atoms. The number of nitrogens with two attached hydrogens (primary N) is 1. The zero-order chi connectivity index (χ0) is 13.1. The molecule has 2 aromatic rings. The minimum Gasteiger partial charge on any atom is -0.464 e. The molecular formula is C11H15N5O2. The van der Waals surface area contributed by atoms with Crippen LogP contribution in [-0.4, -0.2) is 32.4 Å². The molecule has 0 radical (unpaired) electrons. The first-order valence-corrected chi connectivity index (χ1v) is 5.56. The normalized spacial score (nSPS) is 10.6. The highest BCUT2D eigenvalue weighted by atomic mass is 16.5. The van der Waals surface area contributed by atoms with E-state index in [0.717, 1.165) is 12.4 Å². The van der Waals surface area contributed by atoms with Crippen molar-refractivity contribution < 1.29 is 9.53 Å². The molecule has 96 valence electrons. The first kappa shape index (κ1) is 12.2. The lowest BCUT2D eigenvalue weighted by Crippen LogP contribution is -2.14. The van der Waals surface area contributed by atoms with E-state index in [2.05, 4.69) is 10.1 Å². The molecule has 0 bridgehead atoms. The molecule has 2 heterocycles. The predicted octanol–water partition coefficient (Wildman–Crippen LogP) is 0.517. The summed E-state index contributed by atoms with van der Waals surface area (Å²) >= 11 is 0. The maximum absolute atomic E-state index is 11.6. The van der Waals surface area contributed by atoms with E-state index in [1.165, 1.54) is 13.4 Å². The average Bonchev–Trinajstić information content (AvgIpc) is 2.95. The molecule has 0 saturated carbocycles. The minimum atomic E-state index is -0.422. The van der Waals surface area contributed by atoms with Crippen molar-refractivity contribution in [2.24, 2.45) is 0 Å². The molecule has 0 aromatic carbocycles. The van der Waals surface area contributed by atoms with Crippen LogP contribution in [0.15, 0.2) is 18.6 Å². The van der Waals surface area contributed by atoms with E-state index in [-0.39, 0.29) is 0 Å². The molecular weight excluding hydrogens is 234 g/mol. The van der Waals surface area contributed by atoms with Crippen LogP contribution in [0.3, 0.4) is 0 Å². The molecule has 2 aromatic heterocycles. The Kier molecular flexibility index (Phi) is 3.31. The van der Waals surface area contributed by atoms with Gasteiger partial charge in [-0.3, -0.25) is 0 Å². The van der Waals surface area contributed by atoms with Gasteiger partial charge in [-0.05, 0) is 13.0 Å². The number of aryl methyl sites for hydroxylation is 1. The quantitative estimate of drug-likeness (QED) is 0.798. The standard InChI is InChI=1S/C11H15N5O2/c1-3-16-10(13-7-14-16)6-15-5-8(12)4-9(15)11(17)18-2/h4-5,7H,3,6,12H2,1-2H3. The van der Waals surface area contributed by atoms with Crippen LogP contribution in [0, 0.1) is 0 Å². The Hall–Kier alpha value is -2.31. The van der Waals surface area contributed by atoms with Gasteiger partial charge in [-0.1, -0.05) is 0 Å². The van der Waals surface area contributed by atoms with Crippen molar-refractivity contribution in [2.45, 2.75) is 20.0 Å². The maximum Gasteiger partial charge on any atom is 0.354 e. The number of methoxy groups -OCH3 is 1. The monoisotopic (exact) mass is 249 g/mol. The van der Waals surface area contributed by atoms with Crippen LogP contribution in [-0.2, 0) is 17.8 Å². The van der Waals surface area contributed by atoms with Gasteiger partial charge < -0.3 is 15.0 Å². The van der Waals surface area contributed by atoms with E-state index in [9.17, 15) is 4.79 Å². The molecule has 0 fully saturated rings. The summed E-state index contributed by atoms with van der Waals surface area (Å²) in [5.41, 5.74) is 6.62. The van der Waals surface area contributed by atoms with Gasteiger partial charge in [0, 0.05) is 12.7 Å². The Bertz CT molecular complexity index is 558. The fraction of sp³-hybridized carbons (Fsp3) is 0.364. The zero-order valence-electron chi connectivity index (χ0n) is 10.3. The molecule has 18 heavy (non-hydrogen) atoms. The third-order valence-corrected chi connectivity index (χ3v) is 2.62. The lowest BCUT2D eigenvalue weighted by molar-refractivity contribution is 0.0589. The zero-order valence-corrected chi connectivity index (χ0v) is 10.3. The Morgan fingerprint density at radius 1 is 1.56 bits per heavy atom. The average molecular weight is 249 g/mol. The summed E-state index contributed by atoms with van der Waals surface area (Å²) < 4.78 is 8.17. The Labute approximate surface area is 104 Å². The SMILES string of the molecule is CCn1ncnc1Cn1cc(N)cc1C(=O)OC. The molecule has 0 aliphatic rings. The summed E-state index contributed by atoms with van der Waals surface area (Å²) in [6.45, 7) is 3.12. The number of carbonyl (C=O) groups excluding carboxylic acids is 1. The first-order chi connectivity index (χ1) is 8.65. The third kappa shape index (κ3) is 2.20. The van der Waals surface area contributed by atoms with Crippen LogP contribution in [0.2, 0.25) is 0 Å². The number of rotatable bonds is 4. The molecule has 0 unspecified atom stereocenters. The van der Waals surface area contributed by atoms with Crippen LogP contribution in [0.25, 0.3) is 0 Å². The van der Waals surface area contributed by atoms with E-state index in [1.54, 1.807) is 21.5 Å². The summed E-state index contributed by atoms with van der Waals surface area (Å²) in [6, 6.07) is 1.58. The number of nitrogens with zero attached hydrogens (tertiary/aromatic N) is 4. The summed E-state index contributed by atoms with van der Waals surface area (Å²) in [5.74, 6) is 0.340. The molecule has 0 saturated heterocycles. The predicted molar refractivity (Wildman–Crippen MR) is 65.0 cm³/mol. The molecule has 2 N–H and O–H groups in total. The Morgan fingerprint density at radius 3 is 3.00 bits per heavy atom. The van der Waals surface area contributed by atoms with Crippen LogP contribution >= 0.6 is 0 Å². The van der Waals surface area contributed by atoms with Crippen LogP contribution in [0.4, 0.5) is 5.69 Å². The molecule has 7 heteroatoms. The van der Waals surface area contributed by atoms with Crippen molar-refractivity contribution in [1.29, 1.82) is 0 Å². The summed E-state index contributed by atoms with van der Waals surface area (Å²) in [5, 5.41) is 4.08. The molecule has 0 atom stereocenters. The first-order valence-electron chi connectivity index (χ1n) is 5.56. The van der Waals surface area contributed by atoms with E-state index in [0.29, 0.717) is 17.9 Å². The van der Waals surface area contributed by atoms with Gasteiger partial charge in [0.15, 0.2) is 0 Å². The van der Waals surface area contributed by atoms with Crippen molar-refractivity contribution in [3.63, 3.8) is 0 Å². The number of anilines is 1. The van der Waals surface area contributed by atoms with E-state index < -0.39 is 5.97 Å². The van der Waals surface area contributed by atoms with Crippen molar-refractivity contribution in [3.8, 4) is 0 Å². The molecule has 0 amide bonds. The highest BCUT2D eigenvalue weighted by Gasteiger charge is 2.15. The lowest BCUT2D eigenvalue weighted by Gasteiger charge is -2.07. The number of nitrogen functional groups attached to an aromatic ring is 1. The number of carbonyl (C=O) groups is 1. The number of aromatic nitrogens is 4. The number of esters is 1. The van der Waals surface area contributed by atoms with Crippen molar-refractivity contribution in [1.82, 2.24) is 19.3 Å². The summed E-state index contributed by atoms with van der Waals surface area (Å²) in [4.78, 5) is 15.7. The van der Waals surface area contributed by atoms with E-state index in [4.69, 9.17) is 10.5 Å². The highest BCUT2D eigenvalue weighted by Crippen LogP contribution is 2.13. The molecule has 7 nitrogen and oxygen atoms in total. The topological polar surface area (TPSA) is 88.0 Å². The second-order valence-corrected chi connectivity index (χ2v) is 3.77. The van der Waals surface area contributed by atoms with Crippen molar-refractivity contribution in [3.05, 3.63) is 30.1 Å². The van der Waals surface area contributed by atoms with Gasteiger partial charge in [0.05, 0.1) is 19.3 Å². The van der Waals surface area contributed by atoms with E-state index >= 15 is 0 Å². The largest absolute Gasteiger partial charge is 0.464 e. The number of hydrogen-bond donors (Lipinski definition) is 1. The Balaban J connectivity index is 2.31. The Morgan fingerprint density at radius 2 is 2.33 bits per heavy atom. The van der Waals surface area contributed by atoms with Crippen LogP contribution in [0.5, 0.6) is 0 Å². The fourth-order valence-electron chi connectivity index (χ4n) is 1.77. The lowest BCUT2D eigenvalue weighted by atomic mass is 10.4. The maximum atomic E-state index is 11.6. The van der Waals surface area contributed by atoms with Crippen LogP contribution in [0.1, 0.15) is 23.2 Å². The van der Waals surface area contributed by atoms with Gasteiger partial charge in [0.25, 0.3) is 0 Å².